The van der Waals surface area contributed by atoms with Gasteiger partial charge in [-0.25, -0.2) is 4.98 Å². The Balaban J connectivity index is 2.05. The number of aromatic nitrogens is 1. The van der Waals surface area contributed by atoms with Gasteiger partial charge in [-0.1, -0.05) is 54.1 Å². The number of hydrogen-bond acceptors (Lipinski definition) is 2. The Bertz CT molecular complexity index is 687. The van der Waals surface area contributed by atoms with Crippen LogP contribution < -0.4 is 0 Å². The summed E-state index contributed by atoms with van der Waals surface area (Å²) in [6.45, 7) is 2.11. The van der Waals surface area contributed by atoms with Crippen molar-refractivity contribution in [3.05, 3.63) is 64.5 Å². The highest BCUT2D eigenvalue weighted by atomic mass is 35.5. The predicted octanol–water partition coefficient (Wildman–Crippen LogP) is 5.44. The van der Waals surface area contributed by atoms with Crippen LogP contribution in [0.15, 0.2) is 54.6 Å². The lowest BCUT2D eigenvalue weighted by molar-refractivity contribution is 1.37. The molecule has 0 amide bonds. The number of hydrogen-bond donors (Lipinski definition) is 0. The first kappa shape index (κ1) is 12.4. The number of benzene rings is 2. The Kier molecular flexibility index (Phi) is 3.36. The maximum absolute atomic E-state index is 5.92. The topological polar surface area (TPSA) is 12.9 Å². The van der Waals surface area contributed by atoms with Crippen molar-refractivity contribution in [2.45, 2.75) is 6.92 Å². The van der Waals surface area contributed by atoms with Crippen molar-refractivity contribution >= 4 is 22.9 Å². The summed E-state index contributed by atoms with van der Waals surface area (Å²) in [6.07, 6.45) is 0. The lowest BCUT2D eigenvalue weighted by Crippen LogP contribution is -1.81. The smallest absolute Gasteiger partial charge is 0.124 e. The maximum atomic E-state index is 5.92. The zero-order valence-electron chi connectivity index (χ0n) is 10.4. The third kappa shape index (κ3) is 2.55. The highest BCUT2D eigenvalue weighted by Crippen LogP contribution is 2.33. The number of nitrogens with zero attached hydrogens (tertiary/aromatic N) is 1. The fraction of sp³-hybridized carbons (Fsp3) is 0.0625. The summed E-state index contributed by atoms with van der Waals surface area (Å²) in [5.41, 5.74) is 3.32. The molecule has 3 rings (SSSR count). The molecule has 0 aliphatic rings. The SMILES string of the molecule is Cc1sc(-c2ccccc2)nc1-c1ccc(Cl)cc1. The van der Waals surface area contributed by atoms with Crippen LogP contribution in [0, 0.1) is 6.92 Å². The Hall–Kier alpha value is -1.64. The third-order valence-corrected chi connectivity index (χ3v) is 4.21. The van der Waals surface area contributed by atoms with Gasteiger partial charge in [-0.05, 0) is 19.1 Å². The average molecular weight is 286 g/mol. The number of rotatable bonds is 2. The molecule has 0 saturated carbocycles. The van der Waals surface area contributed by atoms with Crippen LogP contribution in [0.2, 0.25) is 5.02 Å². The lowest BCUT2D eigenvalue weighted by Gasteiger charge is -1.98. The Morgan fingerprint density at radius 1 is 0.895 bits per heavy atom. The monoisotopic (exact) mass is 285 g/mol. The zero-order chi connectivity index (χ0) is 13.2. The molecule has 0 unspecified atom stereocenters. The van der Waals surface area contributed by atoms with Crippen LogP contribution in [0.3, 0.4) is 0 Å². The van der Waals surface area contributed by atoms with Gasteiger partial charge in [0.2, 0.25) is 0 Å². The van der Waals surface area contributed by atoms with Crippen LogP contribution in [-0.4, -0.2) is 4.98 Å². The van der Waals surface area contributed by atoms with Crippen LogP contribution in [0.25, 0.3) is 21.8 Å². The fourth-order valence-corrected chi connectivity index (χ4v) is 3.04. The fourth-order valence-electron chi connectivity index (χ4n) is 1.98. The van der Waals surface area contributed by atoms with E-state index in [0.29, 0.717) is 0 Å². The molecule has 1 heterocycles. The third-order valence-electron chi connectivity index (χ3n) is 2.93. The molecule has 0 spiro atoms. The summed E-state index contributed by atoms with van der Waals surface area (Å²) in [6, 6.07) is 18.1. The van der Waals surface area contributed by atoms with Gasteiger partial charge in [0.05, 0.1) is 5.69 Å². The molecule has 0 atom stereocenters. The van der Waals surface area contributed by atoms with Gasteiger partial charge in [-0.15, -0.1) is 11.3 Å². The van der Waals surface area contributed by atoms with Gasteiger partial charge < -0.3 is 0 Å². The molecule has 0 fully saturated rings. The van der Waals surface area contributed by atoms with E-state index in [1.807, 2.05) is 42.5 Å². The lowest BCUT2D eigenvalue weighted by atomic mass is 10.1. The molecule has 3 aromatic rings. The molecule has 0 bridgehead atoms. The molecule has 94 valence electrons. The van der Waals surface area contributed by atoms with E-state index in [1.54, 1.807) is 11.3 Å². The van der Waals surface area contributed by atoms with Crippen LogP contribution >= 0.6 is 22.9 Å². The van der Waals surface area contributed by atoms with Crippen LogP contribution in [0.1, 0.15) is 4.88 Å². The molecular weight excluding hydrogens is 274 g/mol. The van der Waals surface area contributed by atoms with Gasteiger partial charge in [0.15, 0.2) is 0 Å². The van der Waals surface area contributed by atoms with Gasteiger partial charge in [0.1, 0.15) is 5.01 Å². The first-order chi connectivity index (χ1) is 9.24. The summed E-state index contributed by atoms with van der Waals surface area (Å²) in [7, 11) is 0. The minimum absolute atomic E-state index is 0.750. The van der Waals surface area contributed by atoms with Crippen molar-refractivity contribution in [3.8, 4) is 21.8 Å². The van der Waals surface area contributed by atoms with Crippen LogP contribution in [0.4, 0.5) is 0 Å². The molecule has 0 saturated heterocycles. The molecule has 3 heteroatoms. The van der Waals surface area contributed by atoms with Crippen molar-refractivity contribution in [2.75, 3.05) is 0 Å². The molecule has 19 heavy (non-hydrogen) atoms. The number of halogens is 1. The van der Waals surface area contributed by atoms with Gasteiger partial charge in [-0.2, -0.15) is 0 Å². The molecular formula is C16H12ClNS. The molecule has 0 aliphatic carbocycles. The summed E-state index contributed by atoms with van der Waals surface area (Å²) < 4.78 is 0. The van der Waals surface area contributed by atoms with E-state index in [1.165, 1.54) is 4.88 Å². The first-order valence-electron chi connectivity index (χ1n) is 6.03. The van der Waals surface area contributed by atoms with Crippen molar-refractivity contribution in [1.29, 1.82) is 0 Å². The van der Waals surface area contributed by atoms with Gasteiger partial charge >= 0.3 is 0 Å². The zero-order valence-corrected chi connectivity index (χ0v) is 12.0. The highest BCUT2D eigenvalue weighted by Gasteiger charge is 2.10. The van der Waals surface area contributed by atoms with Crippen molar-refractivity contribution in [1.82, 2.24) is 4.98 Å². The van der Waals surface area contributed by atoms with Gasteiger partial charge in [0, 0.05) is 21.0 Å². The second-order valence-electron chi connectivity index (χ2n) is 4.30. The Morgan fingerprint density at radius 2 is 1.58 bits per heavy atom. The predicted molar refractivity (Wildman–Crippen MR) is 82.7 cm³/mol. The quantitative estimate of drug-likeness (QED) is 0.611. The van der Waals surface area contributed by atoms with E-state index in [9.17, 15) is 0 Å². The molecule has 1 aromatic heterocycles. The summed E-state index contributed by atoms with van der Waals surface area (Å²) in [5, 5.41) is 1.81. The Labute approximate surface area is 121 Å². The number of thiazole rings is 1. The van der Waals surface area contributed by atoms with Crippen molar-refractivity contribution in [3.63, 3.8) is 0 Å². The van der Waals surface area contributed by atoms with Crippen molar-refractivity contribution < 1.29 is 0 Å². The second-order valence-corrected chi connectivity index (χ2v) is 5.94. The molecule has 2 aromatic carbocycles. The second kappa shape index (κ2) is 5.16. The Morgan fingerprint density at radius 3 is 2.26 bits per heavy atom. The largest absolute Gasteiger partial charge is 0.236 e. The first-order valence-corrected chi connectivity index (χ1v) is 7.22. The van der Waals surface area contributed by atoms with Crippen LogP contribution in [0.5, 0.6) is 0 Å². The molecule has 0 N–H and O–H groups in total. The van der Waals surface area contributed by atoms with E-state index < -0.39 is 0 Å². The van der Waals surface area contributed by atoms with E-state index in [2.05, 4.69) is 19.1 Å². The summed E-state index contributed by atoms with van der Waals surface area (Å²) in [5.74, 6) is 0. The van der Waals surface area contributed by atoms with Gasteiger partial charge in [0.25, 0.3) is 0 Å². The normalized spacial score (nSPS) is 10.6. The summed E-state index contributed by atoms with van der Waals surface area (Å²) in [4.78, 5) is 5.98. The maximum Gasteiger partial charge on any atom is 0.124 e. The van der Waals surface area contributed by atoms with E-state index in [0.717, 1.165) is 26.9 Å². The molecule has 1 nitrogen and oxygen atoms in total. The minimum Gasteiger partial charge on any atom is -0.236 e. The molecule has 0 radical (unpaired) electrons. The molecule has 0 aliphatic heterocycles. The van der Waals surface area contributed by atoms with Crippen LogP contribution in [-0.2, 0) is 0 Å². The highest BCUT2D eigenvalue weighted by molar-refractivity contribution is 7.15. The van der Waals surface area contributed by atoms with E-state index in [4.69, 9.17) is 16.6 Å². The van der Waals surface area contributed by atoms with Gasteiger partial charge in [-0.3, -0.25) is 0 Å². The number of aryl methyl sites for hydroxylation is 1. The average Bonchev–Trinajstić information content (AvgIpc) is 2.83. The van der Waals surface area contributed by atoms with E-state index >= 15 is 0 Å². The minimum atomic E-state index is 0.750. The van der Waals surface area contributed by atoms with E-state index in [-0.39, 0.29) is 0 Å². The summed E-state index contributed by atoms with van der Waals surface area (Å²) >= 11 is 7.64. The van der Waals surface area contributed by atoms with Crippen molar-refractivity contribution in [2.24, 2.45) is 0 Å². The standard InChI is InChI=1S/C16H12ClNS/c1-11-15(12-7-9-14(17)10-8-12)18-16(19-11)13-5-3-2-4-6-13/h2-10H,1H3.